The number of ether oxygens (including phenoxy) is 1. The van der Waals surface area contributed by atoms with E-state index in [1.165, 1.54) is 18.2 Å². The number of hydrogen-bond donors (Lipinski definition) is 3. The lowest BCUT2D eigenvalue weighted by molar-refractivity contribution is -0.123. The van der Waals surface area contributed by atoms with E-state index in [1.54, 1.807) is 6.92 Å². The molecule has 2 rings (SSSR count). The molecular weight excluding hydrogens is 308 g/mol. The van der Waals surface area contributed by atoms with E-state index < -0.39 is 5.91 Å². The van der Waals surface area contributed by atoms with E-state index in [0.717, 1.165) is 11.1 Å². The number of nitrogens with zero attached hydrogens (tertiary/aromatic N) is 1. The van der Waals surface area contributed by atoms with Crippen molar-refractivity contribution in [2.45, 2.75) is 20.8 Å². The van der Waals surface area contributed by atoms with Crippen molar-refractivity contribution < 1.29 is 19.7 Å². The molecule has 0 aromatic heterocycles. The van der Waals surface area contributed by atoms with E-state index in [9.17, 15) is 15.0 Å². The summed E-state index contributed by atoms with van der Waals surface area (Å²) in [5.74, 6) is 0.0539. The average molecular weight is 328 g/mol. The molecule has 0 unspecified atom stereocenters. The van der Waals surface area contributed by atoms with Crippen LogP contribution in [0.25, 0.3) is 0 Å². The summed E-state index contributed by atoms with van der Waals surface area (Å²) in [6, 6.07) is 9.87. The third-order valence-electron chi connectivity index (χ3n) is 3.28. The molecule has 2 aromatic carbocycles. The number of phenolic OH excluding ortho intramolecular Hbond substituents is 2. The summed E-state index contributed by atoms with van der Waals surface area (Å²) < 4.78 is 5.44. The van der Waals surface area contributed by atoms with Gasteiger partial charge in [-0.25, -0.2) is 5.43 Å². The number of amides is 1. The fraction of sp³-hybridized carbons (Fsp3) is 0.222. The molecule has 0 fully saturated rings. The molecule has 0 spiro atoms. The average Bonchev–Trinajstić information content (AvgIpc) is 2.49. The van der Waals surface area contributed by atoms with Crippen LogP contribution in [0, 0.1) is 13.8 Å². The van der Waals surface area contributed by atoms with Crippen molar-refractivity contribution in [1.82, 2.24) is 5.43 Å². The molecule has 3 N–H and O–H groups in total. The number of nitrogens with one attached hydrogen (secondary N) is 1. The highest BCUT2D eigenvalue weighted by molar-refractivity contribution is 6.01. The molecule has 0 saturated carbocycles. The molecule has 0 heterocycles. The molecule has 0 aliphatic rings. The Hall–Kier alpha value is -3.02. The van der Waals surface area contributed by atoms with Crippen LogP contribution in [0.5, 0.6) is 17.2 Å². The van der Waals surface area contributed by atoms with Crippen LogP contribution in [0.1, 0.15) is 23.6 Å². The molecule has 0 bridgehead atoms. The highest BCUT2D eigenvalue weighted by Gasteiger charge is 2.07. The number of aryl methyl sites for hydroxylation is 2. The van der Waals surface area contributed by atoms with Crippen LogP contribution < -0.4 is 10.2 Å². The first kappa shape index (κ1) is 17.3. The summed E-state index contributed by atoms with van der Waals surface area (Å²) in [4.78, 5) is 11.8. The highest BCUT2D eigenvalue weighted by Crippen LogP contribution is 2.23. The quantitative estimate of drug-likeness (QED) is 0.581. The third kappa shape index (κ3) is 4.74. The fourth-order valence-electron chi connectivity index (χ4n) is 2.23. The van der Waals surface area contributed by atoms with Crippen LogP contribution in [-0.4, -0.2) is 28.4 Å². The zero-order chi connectivity index (χ0) is 17.7. The number of rotatable bonds is 5. The van der Waals surface area contributed by atoms with Gasteiger partial charge in [0.25, 0.3) is 5.91 Å². The van der Waals surface area contributed by atoms with Gasteiger partial charge in [0.15, 0.2) is 6.61 Å². The minimum Gasteiger partial charge on any atom is -0.508 e. The molecule has 2 aromatic rings. The van der Waals surface area contributed by atoms with Crippen LogP contribution in [-0.2, 0) is 4.79 Å². The van der Waals surface area contributed by atoms with Crippen molar-refractivity contribution in [3.8, 4) is 17.2 Å². The molecule has 6 nitrogen and oxygen atoms in total. The SMILES string of the molecule is C/C(=N/NC(=O)COc1cc(C)cc(C)c1)c1ccc(O)cc1O. The molecule has 0 radical (unpaired) electrons. The number of benzene rings is 2. The summed E-state index contributed by atoms with van der Waals surface area (Å²) in [5, 5.41) is 22.9. The molecule has 24 heavy (non-hydrogen) atoms. The maximum Gasteiger partial charge on any atom is 0.277 e. The Bertz CT molecular complexity index is 764. The second-order valence-electron chi connectivity index (χ2n) is 5.55. The first-order valence-corrected chi connectivity index (χ1v) is 7.41. The minimum atomic E-state index is -0.410. The molecule has 126 valence electrons. The number of aromatic hydroxyl groups is 2. The van der Waals surface area contributed by atoms with Gasteiger partial charge in [-0.15, -0.1) is 0 Å². The van der Waals surface area contributed by atoms with E-state index in [4.69, 9.17) is 4.74 Å². The minimum absolute atomic E-state index is 0.0464. The lowest BCUT2D eigenvalue weighted by Gasteiger charge is -2.08. The summed E-state index contributed by atoms with van der Waals surface area (Å²) in [6.07, 6.45) is 0. The van der Waals surface area contributed by atoms with Gasteiger partial charge < -0.3 is 14.9 Å². The van der Waals surface area contributed by atoms with E-state index in [0.29, 0.717) is 17.0 Å². The second-order valence-corrected chi connectivity index (χ2v) is 5.55. The number of phenols is 2. The molecule has 6 heteroatoms. The summed E-state index contributed by atoms with van der Waals surface area (Å²) in [5.41, 5.74) is 5.32. The number of hydrogen-bond acceptors (Lipinski definition) is 5. The predicted molar refractivity (Wildman–Crippen MR) is 91.5 cm³/mol. The maximum atomic E-state index is 11.8. The van der Waals surface area contributed by atoms with Crippen molar-refractivity contribution in [2.24, 2.45) is 5.10 Å². The summed E-state index contributed by atoms with van der Waals surface area (Å²) in [7, 11) is 0. The van der Waals surface area contributed by atoms with Crippen LogP contribution in [0.15, 0.2) is 41.5 Å². The first-order valence-electron chi connectivity index (χ1n) is 7.41. The Morgan fingerprint density at radius 1 is 1.12 bits per heavy atom. The Morgan fingerprint density at radius 2 is 1.79 bits per heavy atom. The van der Waals surface area contributed by atoms with Gasteiger partial charge in [0.1, 0.15) is 17.2 Å². The molecule has 1 amide bonds. The predicted octanol–water partition coefficient (Wildman–Crippen LogP) is 2.63. The van der Waals surface area contributed by atoms with Crippen LogP contribution in [0.2, 0.25) is 0 Å². The van der Waals surface area contributed by atoms with Gasteiger partial charge in [0, 0.05) is 11.6 Å². The maximum absolute atomic E-state index is 11.8. The van der Waals surface area contributed by atoms with Gasteiger partial charge in [0.2, 0.25) is 0 Å². The zero-order valence-corrected chi connectivity index (χ0v) is 13.8. The Morgan fingerprint density at radius 3 is 2.42 bits per heavy atom. The second kappa shape index (κ2) is 7.50. The van der Waals surface area contributed by atoms with E-state index in [1.807, 2.05) is 32.0 Å². The van der Waals surface area contributed by atoms with Crippen LogP contribution in [0.3, 0.4) is 0 Å². The van der Waals surface area contributed by atoms with Gasteiger partial charge in [-0.2, -0.15) is 5.10 Å². The van der Waals surface area contributed by atoms with Gasteiger partial charge in [-0.05, 0) is 56.2 Å². The number of carbonyl (C=O) groups is 1. The first-order chi connectivity index (χ1) is 11.3. The standard InChI is InChI=1S/C18H20N2O4/c1-11-6-12(2)8-15(7-11)24-10-18(23)20-19-13(3)16-5-4-14(21)9-17(16)22/h4-9,21-22H,10H2,1-3H3,(H,20,23)/b19-13-. The fourth-order valence-corrected chi connectivity index (χ4v) is 2.23. The van der Waals surface area contributed by atoms with Crippen molar-refractivity contribution in [1.29, 1.82) is 0 Å². The van der Waals surface area contributed by atoms with E-state index >= 15 is 0 Å². The molecule has 0 saturated heterocycles. The van der Waals surface area contributed by atoms with Crippen molar-refractivity contribution >= 4 is 11.6 Å². The molecule has 0 atom stereocenters. The Kier molecular flexibility index (Phi) is 5.42. The molecule has 0 aliphatic carbocycles. The van der Waals surface area contributed by atoms with Crippen LogP contribution in [0.4, 0.5) is 0 Å². The van der Waals surface area contributed by atoms with Gasteiger partial charge in [0.05, 0.1) is 5.71 Å². The van der Waals surface area contributed by atoms with E-state index in [2.05, 4.69) is 10.5 Å². The Balaban J connectivity index is 1.94. The third-order valence-corrected chi connectivity index (χ3v) is 3.28. The van der Waals surface area contributed by atoms with Crippen LogP contribution >= 0.6 is 0 Å². The highest BCUT2D eigenvalue weighted by atomic mass is 16.5. The lowest BCUT2D eigenvalue weighted by atomic mass is 10.1. The van der Waals surface area contributed by atoms with Gasteiger partial charge in [-0.3, -0.25) is 4.79 Å². The van der Waals surface area contributed by atoms with Crippen molar-refractivity contribution in [3.63, 3.8) is 0 Å². The van der Waals surface area contributed by atoms with Crippen molar-refractivity contribution in [2.75, 3.05) is 6.61 Å². The number of carbonyl (C=O) groups excluding carboxylic acids is 1. The topological polar surface area (TPSA) is 91.2 Å². The number of hydrazone groups is 1. The summed E-state index contributed by atoms with van der Waals surface area (Å²) >= 11 is 0. The largest absolute Gasteiger partial charge is 0.508 e. The lowest BCUT2D eigenvalue weighted by Crippen LogP contribution is -2.25. The van der Waals surface area contributed by atoms with Gasteiger partial charge >= 0.3 is 0 Å². The van der Waals surface area contributed by atoms with E-state index in [-0.39, 0.29) is 18.1 Å². The normalized spacial score (nSPS) is 11.2. The van der Waals surface area contributed by atoms with Crippen molar-refractivity contribution in [3.05, 3.63) is 53.1 Å². The summed E-state index contributed by atoms with van der Waals surface area (Å²) in [6.45, 7) is 5.38. The molecule has 0 aliphatic heterocycles. The smallest absolute Gasteiger partial charge is 0.277 e. The molecular formula is C18H20N2O4. The monoisotopic (exact) mass is 328 g/mol. The van der Waals surface area contributed by atoms with Gasteiger partial charge in [-0.1, -0.05) is 6.07 Å². The zero-order valence-electron chi connectivity index (χ0n) is 13.8. The Labute approximate surface area is 140 Å².